The Morgan fingerprint density at radius 2 is 1.74 bits per heavy atom. The molecule has 6 heteroatoms. The first-order valence-corrected chi connectivity index (χ1v) is 11.2. The molecule has 2 amide bonds. The van der Waals surface area contributed by atoms with Crippen molar-refractivity contribution >= 4 is 17.5 Å². The van der Waals surface area contributed by atoms with Gasteiger partial charge in [0.2, 0.25) is 5.91 Å². The monoisotopic (exact) mass is 422 g/mol. The van der Waals surface area contributed by atoms with E-state index in [2.05, 4.69) is 0 Å². The molecule has 2 aromatic carbocycles. The van der Waals surface area contributed by atoms with E-state index in [1.54, 1.807) is 0 Å². The third-order valence-corrected chi connectivity index (χ3v) is 6.00. The van der Waals surface area contributed by atoms with Crippen LogP contribution in [0, 0.1) is 0 Å². The quantitative estimate of drug-likeness (QED) is 0.704. The molecule has 6 nitrogen and oxygen atoms in total. The van der Waals surface area contributed by atoms with E-state index >= 15 is 0 Å². The molecular weight excluding hydrogens is 392 g/mol. The van der Waals surface area contributed by atoms with Crippen molar-refractivity contribution in [1.29, 1.82) is 0 Å². The van der Waals surface area contributed by atoms with Crippen molar-refractivity contribution in [3.05, 3.63) is 53.6 Å². The number of fused-ring (bicyclic) bond motifs is 1. The minimum atomic E-state index is 0.0521. The van der Waals surface area contributed by atoms with Gasteiger partial charge in [-0.15, -0.1) is 0 Å². The van der Waals surface area contributed by atoms with Gasteiger partial charge in [-0.2, -0.15) is 0 Å². The molecule has 0 radical (unpaired) electrons. The Morgan fingerprint density at radius 1 is 1.00 bits per heavy atom. The van der Waals surface area contributed by atoms with Crippen LogP contribution in [0.2, 0.25) is 0 Å². The van der Waals surface area contributed by atoms with E-state index in [0.29, 0.717) is 38.2 Å². The zero-order valence-electron chi connectivity index (χ0n) is 18.3. The van der Waals surface area contributed by atoms with Crippen LogP contribution in [0.15, 0.2) is 42.5 Å². The first-order valence-electron chi connectivity index (χ1n) is 11.2. The van der Waals surface area contributed by atoms with Crippen LogP contribution >= 0.6 is 0 Å². The summed E-state index contributed by atoms with van der Waals surface area (Å²) in [5.41, 5.74) is 2.73. The molecule has 1 saturated heterocycles. The number of para-hydroxylation sites is 2. The molecule has 4 rings (SSSR count). The van der Waals surface area contributed by atoms with Crippen LogP contribution in [0.5, 0.6) is 11.5 Å². The molecule has 0 aliphatic carbocycles. The van der Waals surface area contributed by atoms with Gasteiger partial charge >= 0.3 is 0 Å². The molecule has 0 bridgehead atoms. The number of anilines is 1. The Labute approximate surface area is 183 Å². The molecule has 0 atom stereocenters. The molecule has 0 saturated carbocycles. The smallest absolute Gasteiger partial charge is 0.253 e. The van der Waals surface area contributed by atoms with E-state index in [1.165, 1.54) is 0 Å². The third-order valence-electron chi connectivity index (χ3n) is 6.00. The fourth-order valence-corrected chi connectivity index (χ4v) is 4.35. The minimum Gasteiger partial charge on any atom is -0.490 e. The zero-order chi connectivity index (χ0) is 21.8. The highest BCUT2D eigenvalue weighted by Gasteiger charge is 2.28. The van der Waals surface area contributed by atoms with Crippen LogP contribution in [-0.4, -0.2) is 49.1 Å². The fourth-order valence-electron chi connectivity index (χ4n) is 4.35. The van der Waals surface area contributed by atoms with Crippen molar-refractivity contribution in [3.63, 3.8) is 0 Å². The average molecular weight is 423 g/mol. The number of amides is 2. The van der Waals surface area contributed by atoms with Crippen LogP contribution in [0.25, 0.3) is 0 Å². The van der Waals surface area contributed by atoms with Gasteiger partial charge in [-0.3, -0.25) is 9.59 Å². The van der Waals surface area contributed by atoms with E-state index in [1.807, 2.05) is 66.1 Å². The van der Waals surface area contributed by atoms with Crippen LogP contribution in [0.4, 0.5) is 5.69 Å². The van der Waals surface area contributed by atoms with Crippen molar-refractivity contribution in [2.24, 2.45) is 0 Å². The van der Waals surface area contributed by atoms with E-state index in [9.17, 15) is 9.59 Å². The van der Waals surface area contributed by atoms with Gasteiger partial charge in [0.05, 0.1) is 6.61 Å². The van der Waals surface area contributed by atoms with Gasteiger partial charge in [-0.05, 0) is 49.2 Å². The second-order valence-electron chi connectivity index (χ2n) is 7.98. The highest BCUT2D eigenvalue weighted by atomic mass is 16.5. The van der Waals surface area contributed by atoms with Crippen molar-refractivity contribution in [2.45, 2.75) is 45.6 Å². The first kappa shape index (κ1) is 21.2. The molecule has 0 spiro atoms. The number of hydrogen-bond donors (Lipinski definition) is 0. The second kappa shape index (κ2) is 9.41. The Kier molecular flexibility index (Phi) is 6.44. The van der Waals surface area contributed by atoms with Crippen LogP contribution < -0.4 is 14.4 Å². The Morgan fingerprint density at radius 3 is 2.45 bits per heavy atom. The Hall–Kier alpha value is -3.02. The fraction of sp³-hybridized carbons (Fsp3) is 0.440. The lowest BCUT2D eigenvalue weighted by Gasteiger charge is -2.32. The predicted molar refractivity (Wildman–Crippen MR) is 120 cm³/mol. The van der Waals surface area contributed by atoms with Gasteiger partial charge in [0.25, 0.3) is 5.91 Å². The summed E-state index contributed by atoms with van der Waals surface area (Å²) >= 11 is 0. The van der Waals surface area contributed by atoms with Crippen molar-refractivity contribution in [1.82, 2.24) is 4.90 Å². The SMILES string of the molecule is CCOc1ccccc1OC1CCN(C(=O)c2ccc3c(c2)CCN3C(=O)CC)CC1. The van der Waals surface area contributed by atoms with Crippen molar-refractivity contribution in [3.8, 4) is 11.5 Å². The summed E-state index contributed by atoms with van der Waals surface area (Å²) in [6, 6.07) is 13.5. The lowest BCUT2D eigenvalue weighted by atomic mass is 10.0. The summed E-state index contributed by atoms with van der Waals surface area (Å²) in [5.74, 6) is 1.71. The molecule has 2 heterocycles. The normalized spacial score (nSPS) is 16.2. The first-order chi connectivity index (χ1) is 15.1. The largest absolute Gasteiger partial charge is 0.490 e. The van der Waals surface area contributed by atoms with Gasteiger partial charge in [0.15, 0.2) is 11.5 Å². The summed E-state index contributed by atoms with van der Waals surface area (Å²) in [4.78, 5) is 28.9. The molecule has 0 unspecified atom stereocenters. The molecule has 2 aliphatic heterocycles. The maximum atomic E-state index is 13.1. The van der Waals surface area contributed by atoms with Gasteiger partial charge in [-0.1, -0.05) is 19.1 Å². The molecule has 0 N–H and O–H groups in total. The van der Waals surface area contributed by atoms with Crippen LogP contribution in [0.1, 0.15) is 49.0 Å². The Balaban J connectivity index is 1.36. The number of carbonyl (C=O) groups excluding carboxylic acids is 2. The van der Waals surface area contributed by atoms with E-state index in [-0.39, 0.29) is 17.9 Å². The molecular formula is C25H30N2O4. The van der Waals surface area contributed by atoms with Gasteiger partial charge in [0, 0.05) is 50.1 Å². The number of carbonyl (C=O) groups is 2. The molecule has 2 aromatic rings. The lowest BCUT2D eigenvalue weighted by molar-refractivity contribution is -0.118. The average Bonchev–Trinajstić information content (AvgIpc) is 3.23. The van der Waals surface area contributed by atoms with Crippen LogP contribution in [-0.2, 0) is 11.2 Å². The second-order valence-corrected chi connectivity index (χ2v) is 7.98. The number of hydrogen-bond acceptors (Lipinski definition) is 4. The van der Waals surface area contributed by atoms with Crippen molar-refractivity contribution in [2.75, 3.05) is 31.1 Å². The minimum absolute atomic E-state index is 0.0521. The summed E-state index contributed by atoms with van der Waals surface area (Å²) in [7, 11) is 0. The molecule has 0 aromatic heterocycles. The van der Waals surface area contributed by atoms with E-state index in [4.69, 9.17) is 9.47 Å². The van der Waals surface area contributed by atoms with Crippen molar-refractivity contribution < 1.29 is 19.1 Å². The maximum absolute atomic E-state index is 13.1. The number of ether oxygens (including phenoxy) is 2. The Bertz CT molecular complexity index is 950. The molecule has 2 aliphatic rings. The highest BCUT2D eigenvalue weighted by Crippen LogP contribution is 2.31. The highest BCUT2D eigenvalue weighted by molar-refractivity contribution is 5.98. The molecule has 1 fully saturated rings. The number of likely N-dealkylation sites (tertiary alicyclic amines) is 1. The van der Waals surface area contributed by atoms with Gasteiger partial charge in [0.1, 0.15) is 6.10 Å². The maximum Gasteiger partial charge on any atom is 0.253 e. The molecule has 31 heavy (non-hydrogen) atoms. The summed E-state index contributed by atoms with van der Waals surface area (Å²) < 4.78 is 11.8. The third kappa shape index (κ3) is 4.53. The lowest BCUT2D eigenvalue weighted by Crippen LogP contribution is -2.41. The summed E-state index contributed by atoms with van der Waals surface area (Å²) in [5, 5.41) is 0. The number of rotatable bonds is 6. The predicted octanol–water partition coefficient (Wildman–Crippen LogP) is 4.07. The number of nitrogens with zero attached hydrogens (tertiary/aromatic N) is 2. The number of benzene rings is 2. The summed E-state index contributed by atoms with van der Waals surface area (Å²) in [6.45, 7) is 6.46. The topological polar surface area (TPSA) is 59.1 Å². The van der Waals surface area contributed by atoms with E-state index < -0.39 is 0 Å². The van der Waals surface area contributed by atoms with Crippen LogP contribution in [0.3, 0.4) is 0 Å². The zero-order valence-corrected chi connectivity index (χ0v) is 18.3. The number of piperidine rings is 1. The molecule has 164 valence electrons. The standard InChI is InChI=1S/C25H30N2O4/c1-3-24(28)27-16-11-18-17-19(9-10-21(18)27)25(29)26-14-12-20(13-15-26)31-23-8-6-5-7-22(23)30-4-2/h5-10,17,20H,3-4,11-16H2,1-2H3. The van der Waals surface area contributed by atoms with Gasteiger partial charge < -0.3 is 19.3 Å². The van der Waals surface area contributed by atoms with Gasteiger partial charge in [-0.25, -0.2) is 0 Å². The van der Waals surface area contributed by atoms with E-state index in [0.717, 1.165) is 42.0 Å². The summed E-state index contributed by atoms with van der Waals surface area (Å²) in [6.07, 6.45) is 2.94.